The van der Waals surface area contributed by atoms with Crippen molar-refractivity contribution >= 4 is 23.5 Å². The van der Waals surface area contributed by atoms with Gasteiger partial charge >= 0.3 is 12.1 Å². The lowest BCUT2D eigenvalue weighted by Crippen LogP contribution is -2.54. The first kappa shape index (κ1) is 20.7. The van der Waals surface area contributed by atoms with E-state index in [1.807, 2.05) is 0 Å². The molecule has 2 amide bonds. The normalized spacial score (nSPS) is 19.6. The SMILES string of the molecule is CCC(C)(NC(=O)C1CC(=O)N(c2cccc(C(F)(F)F)c2)C1)C(=O)OC. The largest absolute Gasteiger partial charge is 0.467 e. The fourth-order valence-electron chi connectivity index (χ4n) is 2.87. The summed E-state index contributed by atoms with van der Waals surface area (Å²) in [6, 6.07) is 4.39. The molecule has 9 heteroatoms. The van der Waals surface area contributed by atoms with E-state index in [0.29, 0.717) is 0 Å². The van der Waals surface area contributed by atoms with Crippen molar-refractivity contribution in [3.8, 4) is 0 Å². The van der Waals surface area contributed by atoms with Crippen LogP contribution in [-0.2, 0) is 25.3 Å². The monoisotopic (exact) mass is 386 g/mol. The number of ether oxygens (including phenoxy) is 1. The number of esters is 1. The standard InChI is InChI=1S/C18H21F3N2O4/c1-4-17(2,16(26)27-3)22-15(25)11-8-14(24)23(10-11)13-7-5-6-12(9-13)18(19,20)21/h5-7,9,11H,4,8,10H2,1-3H3,(H,22,25). The zero-order chi connectivity index (χ0) is 20.4. The Labute approximate surface area is 154 Å². The Hall–Kier alpha value is -2.58. The number of methoxy groups -OCH3 is 1. The Kier molecular flexibility index (Phi) is 5.82. The molecule has 1 aromatic carbocycles. The van der Waals surface area contributed by atoms with E-state index in [1.54, 1.807) is 6.92 Å². The van der Waals surface area contributed by atoms with Crippen molar-refractivity contribution in [3.63, 3.8) is 0 Å². The zero-order valence-corrected chi connectivity index (χ0v) is 15.2. The fraction of sp³-hybridized carbons (Fsp3) is 0.500. The van der Waals surface area contributed by atoms with Gasteiger partial charge in [-0.05, 0) is 31.5 Å². The van der Waals surface area contributed by atoms with Crippen LogP contribution in [0.1, 0.15) is 32.3 Å². The highest BCUT2D eigenvalue weighted by molar-refractivity contribution is 6.01. The van der Waals surface area contributed by atoms with Crippen molar-refractivity contribution in [2.45, 2.75) is 38.4 Å². The first-order chi connectivity index (χ1) is 12.5. The molecule has 1 aliphatic rings. The molecular weight excluding hydrogens is 365 g/mol. The van der Waals surface area contributed by atoms with E-state index >= 15 is 0 Å². The molecular formula is C18H21F3N2O4. The van der Waals surface area contributed by atoms with Gasteiger partial charge in [-0.3, -0.25) is 9.59 Å². The lowest BCUT2D eigenvalue weighted by molar-refractivity contribution is -0.150. The predicted octanol–water partition coefficient (Wildman–Crippen LogP) is 2.52. The fourth-order valence-corrected chi connectivity index (χ4v) is 2.87. The van der Waals surface area contributed by atoms with Crippen molar-refractivity contribution in [1.82, 2.24) is 5.32 Å². The van der Waals surface area contributed by atoms with Gasteiger partial charge in [0.05, 0.1) is 18.6 Å². The first-order valence-electron chi connectivity index (χ1n) is 8.40. The van der Waals surface area contributed by atoms with Gasteiger partial charge in [0.15, 0.2) is 0 Å². The van der Waals surface area contributed by atoms with Gasteiger partial charge in [-0.2, -0.15) is 13.2 Å². The summed E-state index contributed by atoms with van der Waals surface area (Å²) >= 11 is 0. The number of carbonyl (C=O) groups excluding carboxylic acids is 3. The number of amides is 2. The van der Waals surface area contributed by atoms with Gasteiger partial charge in [0.25, 0.3) is 0 Å². The maximum Gasteiger partial charge on any atom is 0.416 e. The summed E-state index contributed by atoms with van der Waals surface area (Å²) in [5.41, 5.74) is -2.03. The van der Waals surface area contributed by atoms with Gasteiger partial charge in [0, 0.05) is 18.7 Å². The molecule has 2 rings (SSSR count). The highest BCUT2D eigenvalue weighted by Crippen LogP contribution is 2.33. The molecule has 1 aliphatic heterocycles. The van der Waals surface area contributed by atoms with Gasteiger partial charge in [0.2, 0.25) is 11.8 Å². The molecule has 1 fully saturated rings. The molecule has 1 N–H and O–H groups in total. The van der Waals surface area contributed by atoms with Crippen molar-refractivity contribution in [2.75, 3.05) is 18.6 Å². The predicted molar refractivity (Wildman–Crippen MR) is 90.8 cm³/mol. The van der Waals surface area contributed by atoms with Gasteiger partial charge in [-0.15, -0.1) is 0 Å². The smallest absolute Gasteiger partial charge is 0.416 e. The average molecular weight is 386 g/mol. The van der Waals surface area contributed by atoms with Crippen molar-refractivity contribution in [3.05, 3.63) is 29.8 Å². The number of carbonyl (C=O) groups is 3. The number of nitrogens with one attached hydrogen (secondary N) is 1. The third-order valence-electron chi connectivity index (χ3n) is 4.72. The Balaban J connectivity index is 2.16. The molecule has 2 unspecified atom stereocenters. The summed E-state index contributed by atoms with van der Waals surface area (Å²) in [5, 5.41) is 2.59. The quantitative estimate of drug-likeness (QED) is 0.789. The molecule has 0 aliphatic carbocycles. The summed E-state index contributed by atoms with van der Waals surface area (Å²) in [4.78, 5) is 37.8. The van der Waals surface area contributed by atoms with Gasteiger partial charge in [-0.1, -0.05) is 13.0 Å². The van der Waals surface area contributed by atoms with Crippen molar-refractivity contribution in [1.29, 1.82) is 0 Å². The summed E-state index contributed by atoms with van der Waals surface area (Å²) in [6.45, 7) is 3.15. The molecule has 0 radical (unpaired) electrons. The highest BCUT2D eigenvalue weighted by atomic mass is 19.4. The minimum atomic E-state index is -4.53. The van der Waals surface area contributed by atoms with Crippen LogP contribution >= 0.6 is 0 Å². The highest BCUT2D eigenvalue weighted by Gasteiger charge is 2.41. The second-order valence-electron chi connectivity index (χ2n) is 6.62. The maximum absolute atomic E-state index is 12.9. The Bertz CT molecular complexity index is 750. The molecule has 148 valence electrons. The van der Waals surface area contributed by atoms with Crippen LogP contribution in [-0.4, -0.2) is 37.0 Å². The van der Waals surface area contributed by atoms with Crippen LogP contribution in [0.5, 0.6) is 0 Å². The summed E-state index contributed by atoms with van der Waals surface area (Å²) in [7, 11) is 1.21. The van der Waals surface area contributed by atoms with Crippen LogP contribution in [0.4, 0.5) is 18.9 Å². The van der Waals surface area contributed by atoms with E-state index in [2.05, 4.69) is 10.1 Å². The maximum atomic E-state index is 12.9. The third-order valence-corrected chi connectivity index (χ3v) is 4.72. The van der Waals surface area contributed by atoms with Crippen molar-refractivity contribution < 1.29 is 32.3 Å². The minimum absolute atomic E-state index is 0.0626. The number of halogens is 3. The van der Waals surface area contributed by atoms with E-state index in [4.69, 9.17) is 0 Å². The van der Waals surface area contributed by atoms with Crippen LogP contribution in [0.25, 0.3) is 0 Å². The average Bonchev–Trinajstić information content (AvgIpc) is 3.02. The Morgan fingerprint density at radius 2 is 2.00 bits per heavy atom. The molecule has 6 nitrogen and oxygen atoms in total. The Morgan fingerprint density at radius 3 is 2.56 bits per heavy atom. The minimum Gasteiger partial charge on any atom is -0.467 e. The van der Waals surface area contributed by atoms with Crippen LogP contribution < -0.4 is 10.2 Å². The Morgan fingerprint density at radius 1 is 1.33 bits per heavy atom. The number of anilines is 1. The number of alkyl halides is 3. The second kappa shape index (κ2) is 7.58. The van der Waals surface area contributed by atoms with E-state index in [9.17, 15) is 27.6 Å². The lowest BCUT2D eigenvalue weighted by atomic mass is 9.97. The first-order valence-corrected chi connectivity index (χ1v) is 8.40. The van der Waals surface area contributed by atoms with Gasteiger partial charge in [-0.25, -0.2) is 4.79 Å². The molecule has 27 heavy (non-hydrogen) atoms. The molecule has 0 saturated carbocycles. The number of nitrogens with zero attached hydrogens (tertiary/aromatic N) is 1. The van der Waals surface area contributed by atoms with Gasteiger partial charge in [0.1, 0.15) is 5.54 Å². The molecule has 0 bridgehead atoms. The third kappa shape index (κ3) is 4.40. The van der Waals surface area contributed by atoms with Crippen LogP contribution in [0.2, 0.25) is 0 Å². The van der Waals surface area contributed by atoms with Gasteiger partial charge < -0.3 is 15.0 Å². The number of hydrogen-bond donors (Lipinski definition) is 1. The number of rotatable bonds is 5. The second-order valence-corrected chi connectivity index (χ2v) is 6.62. The van der Waals surface area contributed by atoms with E-state index in [-0.39, 0.29) is 25.1 Å². The molecule has 1 heterocycles. The molecule has 0 spiro atoms. The number of hydrogen-bond acceptors (Lipinski definition) is 4. The lowest BCUT2D eigenvalue weighted by Gasteiger charge is -2.27. The molecule has 2 atom stereocenters. The van der Waals surface area contributed by atoms with Crippen LogP contribution in [0.15, 0.2) is 24.3 Å². The van der Waals surface area contributed by atoms with E-state index in [1.165, 1.54) is 26.2 Å². The topological polar surface area (TPSA) is 75.7 Å². The van der Waals surface area contributed by atoms with E-state index in [0.717, 1.165) is 17.0 Å². The zero-order valence-electron chi connectivity index (χ0n) is 15.2. The summed E-state index contributed by atoms with van der Waals surface area (Å²) in [6.07, 6.45) is -4.40. The van der Waals surface area contributed by atoms with E-state index < -0.39 is 41.0 Å². The molecule has 0 aromatic heterocycles. The number of benzene rings is 1. The molecule has 1 aromatic rings. The van der Waals surface area contributed by atoms with Crippen LogP contribution in [0, 0.1) is 5.92 Å². The van der Waals surface area contributed by atoms with Crippen LogP contribution in [0.3, 0.4) is 0 Å². The van der Waals surface area contributed by atoms with Crippen molar-refractivity contribution in [2.24, 2.45) is 5.92 Å². The summed E-state index contributed by atoms with van der Waals surface area (Å²) in [5.74, 6) is -2.36. The summed E-state index contributed by atoms with van der Waals surface area (Å²) < 4.78 is 43.3. The molecule has 1 saturated heterocycles.